The van der Waals surface area contributed by atoms with Crippen LogP contribution in [0.2, 0.25) is 5.02 Å². The average Bonchev–Trinajstić information content (AvgIpc) is 2.92. The van der Waals surface area contributed by atoms with Gasteiger partial charge >= 0.3 is 0 Å². The lowest BCUT2D eigenvalue weighted by molar-refractivity contribution is -0.128. The molecule has 24 heavy (non-hydrogen) atoms. The van der Waals surface area contributed by atoms with E-state index in [4.69, 9.17) is 11.6 Å². The maximum atomic E-state index is 13.8. The Hall–Kier alpha value is -2.40. The lowest BCUT2D eigenvalue weighted by atomic mass is 10.1. The molecule has 0 radical (unpaired) electrons. The van der Waals surface area contributed by atoms with Gasteiger partial charge in [-0.3, -0.25) is 9.59 Å². The number of nitrogens with zero attached hydrogens (tertiary/aromatic N) is 1. The molecule has 0 aromatic heterocycles. The molecule has 2 aromatic rings. The zero-order chi connectivity index (χ0) is 17.1. The second kappa shape index (κ2) is 7.01. The molecule has 0 saturated carbocycles. The highest BCUT2D eigenvalue weighted by Gasteiger charge is 2.34. The predicted molar refractivity (Wildman–Crippen MR) is 90.0 cm³/mol. The van der Waals surface area contributed by atoms with E-state index >= 15 is 0 Å². The van der Waals surface area contributed by atoms with Crippen molar-refractivity contribution in [2.45, 2.75) is 13.0 Å². The summed E-state index contributed by atoms with van der Waals surface area (Å²) >= 11 is 5.69. The van der Waals surface area contributed by atoms with Gasteiger partial charge in [0, 0.05) is 24.5 Å². The van der Waals surface area contributed by atoms with Crippen molar-refractivity contribution in [1.82, 2.24) is 4.90 Å². The van der Waals surface area contributed by atoms with Gasteiger partial charge < -0.3 is 10.2 Å². The molecule has 2 aromatic carbocycles. The van der Waals surface area contributed by atoms with E-state index in [1.165, 1.54) is 12.1 Å². The summed E-state index contributed by atoms with van der Waals surface area (Å²) in [6.07, 6.45) is 0.133. The fourth-order valence-electron chi connectivity index (χ4n) is 2.73. The van der Waals surface area contributed by atoms with Crippen LogP contribution in [0.5, 0.6) is 0 Å². The molecule has 4 nitrogen and oxygen atoms in total. The van der Waals surface area contributed by atoms with Crippen molar-refractivity contribution in [3.05, 3.63) is 64.9 Å². The summed E-state index contributed by atoms with van der Waals surface area (Å²) < 4.78 is 13.8. The molecule has 0 aliphatic carbocycles. The monoisotopic (exact) mass is 346 g/mol. The zero-order valence-corrected chi connectivity index (χ0v) is 13.6. The Bertz CT molecular complexity index is 767. The fourth-order valence-corrected chi connectivity index (χ4v) is 2.89. The highest BCUT2D eigenvalue weighted by molar-refractivity contribution is 6.30. The van der Waals surface area contributed by atoms with Crippen molar-refractivity contribution >= 4 is 29.1 Å². The highest BCUT2D eigenvalue weighted by Crippen LogP contribution is 2.24. The molecule has 1 aliphatic rings. The Morgan fingerprint density at radius 1 is 1.25 bits per heavy atom. The normalized spacial score (nSPS) is 17.2. The first-order valence-corrected chi connectivity index (χ1v) is 7.98. The summed E-state index contributed by atoms with van der Waals surface area (Å²) in [6, 6.07) is 13.6. The van der Waals surface area contributed by atoms with Crippen LogP contribution in [0.25, 0.3) is 0 Å². The number of amides is 2. The number of benzene rings is 2. The fraction of sp³-hybridized carbons (Fsp3) is 0.222. The lowest BCUT2D eigenvalue weighted by Crippen LogP contribution is -2.28. The number of hydrogen-bond acceptors (Lipinski definition) is 2. The first-order valence-electron chi connectivity index (χ1n) is 7.60. The molecule has 0 unspecified atom stereocenters. The summed E-state index contributed by atoms with van der Waals surface area (Å²) in [7, 11) is 0. The second-order valence-electron chi connectivity index (χ2n) is 5.77. The van der Waals surface area contributed by atoms with Gasteiger partial charge in [0.2, 0.25) is 11.8 Å². The van der Waals surface area contributed by atoms with E-state index in [0.717, 1.165) is 11.6 Å². The van der Waals surface area contributed by atoms with Crippen LogP contribution in [-0.2, 0) is 16.1 Å². The van der Waals surface area contributed by atoms with Crippen molar-refractivity contribution in [1.29, 1.82) is 0 Å². The minimum atomic E-state index is -0.596. The first-order chi connectivity index (χ1) is 11.5. The number of nitrogens with one attached hydrogen (secondary N) is 1. The summed E-state index contributed by atoms with van der Waals surface area (Å²) in [5.74, 6) is -1.52. The van der Waals surface area contributed by atoms with Gasteiger partial charge in [0.1, 0.15) is 5.82 Å². The SMILES string of the molecule is O=C(Nc1ccc(Cl)cc1F)[C@@H]1CC(=O)N(Cc2ccccc2)C1. The van der Waals surface area contributed by atoms with E-state index in [9.17, 15) is 14.0 Å². The number of hydrogen-bond donors (Lipinski definition) is 1. The number of rotatable bonds is 4. The largest absolute Gasteiger partial charge is 0.338 e. The van der Waals surface area contributed by atoms with Crippen LogP contribution < -0.4 is 5.32 Å². The van der Waals surface area contributed by atoms with Crippen molar-refractivity contribution in [3.8, 4) is 0 Å². The van der Waals surface area contributed by atoms with Crippen LogP contribution in [0.3, 0.4) is 0 Å². The van der Waals surface area contributed by atoms with E-state index in [1.807, 2.05) is 30.3 Å². The van der Waals surface area contributed by atoms with E-state index in [0.29, 0.717) is 13.1 Å². The number of carbonyl (C=O) groups excluding carboxylic acids is 2. The van der Waals surface area contributed by atoms with Crippen molar-refractivity contribution < 1.29 is 14.0 Å². The Labute approximate surface area is 144 Å². The minimum Gasteiger partial charge on any atom is -0.338 e. The molecule has 2 amide bonds. The van der Waals surface area contributed by atoms with Crippen molar-refractivity contribution in [2.24, 2.45) is 5.92 Å². The number of anilines is 1. The molecule has 1 fully saturated rings. The van der Waals surface area contributed by atoms with Crippen molar-refractivity contribution in [3.63, 3.8) is 0 Å². The molecule has 1 saturated heterocycles. The Morgan fingerprint density at radius 2 is 2.00 bits per heavy atom. The Morgan fingerprint density at radius 3 is 2.71 bits per heavy atom. The third-order valence-electron chi connectivity index (χ3n) is 3.99. The zero-order valence-electron chi connectivity index (χ0n) is 12.8. The lowest BCUT2D eigenvalue weighted by Gasteiger charge is -2.16. The van der Waals surface area contributed by atoms with Crippen molar-refractivity contribution in [2.75, 3.05) is 11.9 Å². The quantitative estimate of drug-likeness (QED) is 0.921. The average molecular weight is 347 g/mol. The maximum absolute atomic E-state index is 13.8. The van der Waals surface area contributed by atoms with Gasteiger partial charge in [-0.15, -0.1) is 0 Å². The molecule has 3 rings (SSSR count). The molecule has 1 atom stereocenters. The van der Waals surface area contributed by atoms with Crippen LogP contribution in [0, 0.1) is 11.7 Å². The molecule has 124 valence electrons. The standard InChI is InChI=1S/C18H16ClFN2O2/c19-14-6-7-16(15(20)9-14)21-18(24)13-8-17(23)22(11-13)10-12-4-2-1-3-5-12/h1-7,9,13H,8,10-11H2,(H,21,24)/t13-/m1/s1. The van der Waals surface area contributed by atoms with Crippen LogP contribution in [-0.4, -0.2) is 23.3 Å². The van der Waals surface area contributed by atoms with Gasteiger partial charge in [0.25, 0.3) is 0 Å². The van der Waals surface area contributed by atoms with Gasteiger partial charge in [-0.1, -0.05) is 41.9 Å². The van der Waals surface area contributed by atoms with E-state index in [1.54, 1.807) is 4.90 Å². The molecule has 0 bridgehead atoms. The van der Waals surface area contributed by atoms with E-state index in [-0.39, 0.29) is 28.9 Å². The highest BCUT2D eigenvalue weighted by atomic mass is 35.5. The van der Waals surface area contributed by atoms with Crippen LogP contribution in [0.4, 0.5) is 10.1 Å². The summed E-state index contributed by atoms with van der Waals surface area (Å²) in [4.78, 5) is 26.1. The molecule has 1 aliphatic heterocycles. The predicted octanol–water partition coefficient (Wildman–Crippen LogP) is 3.47. The van der Waals surface area contributed by atoms with Crippen LogP contribution in [0.15, 0.2) is 48.5 Å². The molecule has 0 spiro atoms. The number of likely N-dealkylation sites (tertiary alicyclic amines) is 1. The minimum absolute atomic E-state index is 0.0679. The number of carbonyl (C=O) groups is 2. The third-order valence-corrected chi connectivity index (χ3v) is 4.23. The Kier molecular flexibility index (Phi) is 4.81. The third kappa shape index (κ3) is 3.74. The maximum Gasteiger partial charge on any atom is 0.229 e. The summed E-state index contributed by atoms with van der Waals surface area (Å²) in [6.45, 7) is 0.799. The topological polar surface area (TPSA) is 49.4 Å². The molecular weight excluding hydrogens is 331 g/mol. The second-order valence-corrected chi connectivity index (χ2v) is 6.21. The smallest absolute Gasteiger partial charge is 0.229 e. The van der Waals surface area contributed by atoms with Crippen LogP contribution >= 0.6 is 11.6 Å². The van der Waals surface area contributed by atoms with Gasteiger partial charge in [-0.2, -0.15) is 0 Å². The Balaban J connectivity index is 1.63. The molecule has 1 N–H and O–H groups in total. The molecular formula is C18H16ClFN2O2. The van der Waals surface area contributed by atoms with Gasteiger partial charge in [-0.25, -0.2) is 4.39 Å². The summed E-state index contributed by atoms with van der Waals surface area (Å²) in [5, 5.41) is 2.79. The number of halogens is 2. The molecule has 6 heteroatoms. The van der Waals surface area contributed by atoms with Gasteiger partial charge in [-0.05, 0) is 23.8 Å². The van der Waals surface area contributed by atoms with Gasteiger partial charge in [0.05, 0.1) is 11.6 Å². The van der Waals surface area contributed by atoms with E-state index < -0.39 is 11.7 Å². The summed E-state index contributed by atoms with van der Waals surface area (Å²) in [5.41, 5.74) is 1.08. The van der Waals surface area contributed by atoms with E-state index in [2.05, 4.69) is 5.32 Å². The molecule has 1 heterocycles. The first kappa shape index (κ1) is 16.5. The van der Waals surface area contributed by atoms with Crippen LogP contribution in [0.1, 0.15) is 12.0 Å². The van der Waals surface area contributed by atoms with Gasteiger partial charge in [0.15, 0.2) is 0 Å².